The molecule has 1 aliphatic rings. The fraction of sp³-hybridized carbons (Fsp3) is 0.571. The molecule has 1 unspecified atom stereocenters. The first-order valence-electron chi connectivity index (χ1n) is 6.98. The highest BCUT2D eigenvalue weighted by Crippen LogP contribution is 2.19. The van der Waals surface area contributed by atoms with Gasteiger partial charge in [-0.1, -0.05) is 19.1 Å². The van der Waals surface area contributed by atoms with Gasteiger partial charge in [-0.3, -0.25) is 0 Å². The third-order valence-corrected chi connectivity index (χ3v) is 4.88. The minimum absolute atomic E-state index is 0.175. The SMILES string of the molecule is CCc1ccc(CO)cc1S(=O)(=O)NCC1COCCO1. The number of hydrogen-bond donors (Lipinski definition) is 2. The molecule has 1 heterocycles. The van der Waals surface area contributed by atoms with Crippen LogP contribution in [0.2, 0.25) is 0 Å². The topological polar surface area (TPSA) is 84.9 Å². The van der Waals surface area contributed by atoms with Crippen LogP contribution in [0.25, 0.3) is 0 Å². The van der Waals surface area contributed by atoms with Crippen LogP contribution in [0.15, 0.2) is 23.1 Å². The van der Waals surface area contributed by atoms with E-state index in [1.807, 2.05) is 6.92 Å². The Morgan fingerprint density at radius 2 is 2.19 bits per heavy atom. The molecule has 0 aromatic heterocycles. The summed E-state index contributed by atoms with van der Waals surface area (Å²) in [5, 5.41) is 9.17. The standard InChI is InChI=1S/C14H21NO5S/c1-2-12-4-3-11(9-16)7-14(12)21(17,18)15-8-13-10-19-5-6-20-13/h3-4,7,13,15-16H,2,5-6,8-10H2,1H3. The summed E-state index contributed by atoms with van der Waals surface area (Å²) in [6, 6.07) is 4.98. The number of sulfonamides is 1. The van der Waals surface area contributed by atoms with Crippen LogP contribution < -0.4 is 4.72 Å². The maximum atomic E-state index is 12.4. The first-order valence-corrected chi connectivity index (χ1v) is 8.46. The number of hydrogen-bond acceptors (Lipinski definition) is 5. The minimum atomic E-state index is -3.63. The van der Waals surface area contributed by atoms with Crippen molar-refractivity contribution in [3.05, 3.63) is 29.3 Å². The van der Waals surface area contributed by atoms with Gasteiger partial charge in [0.2, 0.25) is 10.0 Å². The molecule has 1 fully saturated rings. The fourth-order valence-corrected chi connectivity index (χ4v) is 3.60. The average Bonchev–Trinajstić information content (AvgIpc) is 2.53. The summed E-state index contributed by atoms with van der Waals surface area (Å²) >= 11 is 0. The zero-order valence-corrected chi connectivity index (χ0v) is 12.9. The molecule has 1 atom stereocenters. The van der Waals surface area contributed by atoms with Gasteiger partial charge < -0.3 is 14.6 Å². The van der Waals surface area contributed by atoms with Crippen molar-refractivity contribution in [2.45, 2.75) is 31.0 Å². The van der Waals surface area contributed by atoms with Crippen LogP contribution in [0, 0.1) is 0 Å². The lowest BCUT2D eigenvalue weighted by Gasteiger charge is -2.23. The fourth-order valence-electron chi connectivity index (χ4n) is 2.17. The maximum Gasteiger partial charge on any atom is 0.240 e. The van der Waals surface area contributed by atoms with Crippen molar-refractivity contribution < 1.29 is 23.0 Å². The summed E-state index contributed by atoms with van der Waals surface area (Å²) in [5.41, 5.74) is 1.30. The van der Waals surface area contributed by atoms with Crippen LogP contribution in [0.4, 0.5) is 0 Å². The van der Waals surface area contributed by atoms with Crippen molar-refractivity contribution in [3.8, 4) is 0 Å². The van der Waals surface area contributed by atoms with Crippen molar-refractivity contribution in [1.29, 1.82) is 0 Å². The largest absolute Gasteiger partial charge is 0.392 e. The quantitative estimate of drug-likeness (QED) is 0.795. The van der Waals surface area contributed by atoms with Gasteiger partial charge in [0.15, 0.2) is 0 Å². The van der Waals surface area contributed by atoms with E-state index >= 15 is 0 Å². The van der Waals surface area contributed by atoms with Gasteiger partial charge in [-0.15, -0.1) is 0 Å². The Morgan fingerprint density at radius 3 is 2.81 bits per heavy atom. The molecule has 0 saturated carbocycles. The third-order valence-electron chi connectivity index (χ3n) is 3.37. The van der Waals surface area contributed by atoms with E-state index in [1.165, 1.54) is 6.07 Å². The van der Waals surface area contributed by atoms with Gasteiger partial charge in [0.1, 0.15) is 0 Å². The zero-order valence-electron chi connectivity index (χ0n) is 12.0. The highest BCUT2D eigenvalue weighted by molar-refractivity contribution is 7.89. The second-order valence-corrected chi connectivity index (χ2v) is 6.61. The Labute approximate surface area is 125 Å². The Bertz CT molecular complexity index is 567. The molecule has 0 aliphatic carbocycles. The van der Waals surface area contributed by atoms with Crippen molar-refractivity contribution in [3.63, 3.8) is 0 Å². The molecule has 21 heavy (non-hydrogen) atoms. The summed E-state index contributed by atoms with van der Waals surface area (Å²) in [7, 11) is -3.63. The predicted molar refractivity (Wildman–Crippen MR) is 77.5 cm³/mol. The van der Waals surface area contributed by atoms with E-state index < -0.39 is 10.0 Å². The van der Waals surface area contributed by atoms with Crippen LogP contribution in [0.1, 0.15) is 18.1 Å². The molecular weight excluding hydrogens is 294 g/mol. The minimum Gasteiger partial charge on any atom is -0.392 e. The molecule has 7 heteroatoms. The van der Waals surface area contributed by atoms with Crippen molar-refractivity contribution in [2.24, 2.45) is 0 Å². The predicted octanol–water partition coefficient (Wildman–Crippen LogP) is 0.435. The summed E-state index contributed by atoms with van der Waals surface area (Å²) in [4.78, 5) is 0.216. The molecule has 2 rings (SSSR count). The van der Waals surface area contributed by atoms with Gasteiger partial charge in [0.05, 0.1) is 37.4 Å². The monoisotopic (exact) mass is 315 g/mol. The second-order valence-electron chi connectivity index (χ2n) is 4.87. The lowest BCUT2D eigenvalue weighted by molar-refractivity contribution is -0.0846. The number of aryl methyl sites for hydroxylation is 1. The molecule has 1 aromatic carbocycles. The first-order chi connectivity index (χ1) is 10.1. The maximum absolute atomic E-state index is 12.4. The van der Waals surface area contributed by atoms with E-state index in [9.17, 15) is 13.5 Å². The molecule has 118 valence electrons. The zero-order chi connectivity index (χ0) is 15.3. The lowest BCUT2D eigenvalue weighted by Crippen LogP contribution is -2.39. The molecular formula is C14H21NO5S. The molecule has 0 spiro atoms. The highest BCUT2D eigenvalue weighted by Gasteiger charge is 2.21. The first kappa shape index (κ1) is 16.4. The van der Waals surface area contributed by atoms with Gasteiger partial charge in [0.25, 0.3) is 0 Å². The second kappa shape index (κ2) is 7.33. The Kier molecular flexibility index (Phi) is 5.72. The smallest absolute Gasteiger partial charge is 0.240 e. The number of nitrogens with one attached hydrogen (secondary N) is 1. The van der Waals surface area contributed by atoms with Gasteiger partial charge >= 0.3 is 0 Å². The van der Waals surface area contributed by atoms with Gasteiger partial charge in [0, 0.05) is 6.54 Å². The molecule has 6 nitrogen and oxygen atoms in total. The van der Waals surface area contributed by atoms with Crippen molar-refractivity contribution in [1.82, 2.24) is 4.72 Å². The molecule has 1 aliphatic heterocycles. The van der Waals surface area contributed by atoms with Crippen LogP contribution in [-0.4, -0.2) is 46.0 Å². The summed E-state index contributed by atoms with van der Waals surface area (Å²) < 4.78 is 38.1. The molecule has 0 amide bonds. The number of benzene rings is 1. The number of ether oxygens (including phenoxy) is 2. The molecule has 0 radical (unpaired) electrons. The third kappa shape index (κ3) is 4.24. The van der Waals surface area contributed by atoms with E-state index in [4.69, 9.17) is 9.47 Å². The van der Waals surface area contributed by atoms with Crippen LogP contribution in [-0.2, 0) is 32.5 Å². The summed E-state index contributed by atoms with van der Waals surface area (Å²) in [6.07, 6.45) is 0.338. The van der Waals surface area contributed by atoms with E-state index in [-0.39, 0.29) is 24.2 Å². The molecule has 2 N–H and O–H groups in total. The molecule has 1 aromatic rings. The Hall–Kier alpha value is -0.990. The van der Waals surface area contributed by atoms with Crippen LogP contribution in [0.5, 0.6) is 0 Å². The number of aliphatic hydroxyl groups is 1. The summed E-state index contributed by atoms with van der Waals surface area (Å²) in [5.74, 6) is 0. The average molecular weight is 315 g/mol. The van der Waals surface area contributed by atoms with E-state index in [0.717, 1.165) is 5.56 Å². The Balaban J connectivity index is 2.14. The lowest BCUT2D eigenvalue weighted by atomic mass is 10.1. The van der Waals surface area contributed by atoms with Gasteiger partial charge in [-0.25, -0.2) is 13.1 Å². The van der Waals surface area contributed by atoms with E-state index in [2.05, 4.69) is 4.72 Å². The van der Waals surface area contributed by atoms with Gasteiger partial charge in [-0.2, -0.15) is 0 Å². The Morgan fingerprint density at radius 1 is 1.38 bits per heavy atom. The van der Waals surface area contributed by atoms with Crippen LogP contribution >= 0.6 is 0 Å². The number of rotatable bonds is 6. The normalized spacial score (nSPS) is 19.6. The molecule has 0 bridgehead atoms. The van der Waals surface area contributed by atoms with Crippen molar-refractivity contribution >= 4 is 10.0 Å². The summed E-state index contributed by atoms with van der Waals surface area (Å²) in [6.45, 7) is 3.29. The van der Waals surface area contributed by atoms with E-state index in [0.29, 0.717) is 31.8 Å². The number of aliphatic hydroxyl groups excluding tert-OH is 1. The van der Waals surface area contributed by atoms with E-state index in [1.54, 1.807) is 12.1 Å². The highest BCUT2D eigenvalue weighted by atomic mass is 32.2. The van der Waals surface area contributed by atoms with Crippen LogP contribution in [0.3, 0.4) is 0 Å². The molecule has 1 saturated heterocycles. The van der Waals surface area contributed by atoms with Crippen molar-refractivity contribution in [2.75, 3.05) is 26.4 Å². The van der Waals surface area contributed by atoms with Gasteiger partial charge in [-0.05, 0) is 23.6 Å².